The van der Waals surface area contributed by atoms with Crippen LogP contribution < -0.4 is 9.62 Å². The van der Waals surface area contributed by atoms with Crippen molar-refractivity contribution in [2.24, 2.45) is 0 Å². The predicted molar refractivity (Wildman–Crippen MR) is 108 cm³/mol. The number of hydrogen-bond donors (Lipinski definition) is 1. The molecule has 0 bridgehead atoms. The van der Waals surface area contributed by atoms with E-state index in [-0.39, 0.29) is 10.8 Å². The van der Waals surface area contributed by atoms with Gasteiger partial charge >= 0.3 is 0 Å². The number of nitrogens with zero attached hydrogens (tertiary/aromatic N) is 1. The van der Waals surface area contributed by atoms with Crippen LogP contribution in [0.5, 0.6) is 0 Å². The maximum Gasteiger partial charge on any atom is 0.261 e. The summed E-state index contributed by atoms with van der Waals surface area (Å²) in [5, 5.41) is 1.86. The molecule has 0 radical (unpaired) electrons. The third-order valence-corrected chi connectivity index (χ3v) is 6.25. The summed E-state index contributed by atoms with van der Waals surface area (Å²) in [4.78, 5) is 13.8. The number of rotatable bonds is 3. The van der Waals surface area contributed by atoms with Crippen molar-refractivity contribution < 1.29 is 13.2 Å². The van der Waals surface area contributed by atoms with Gasteiger partial charge < -0.3 is 4.90 Å². The first kappa shape index (κ1) is 17.5. The summed E-state index contributed by atoms with van der Waals surface area (Å²) in [6.45, 7) is 2.18. The van der Waals surface area contributed by atoms with Crippen molar-refractivity contribution in [1.82, 2.24) is 0 Å². The molecule has 0 saturated heterocycles. The fraction of sp³-hybridized carbons (Fsp3) is 0.190. The minimum Gasteiger partial charge on any atom is -0.312 e. The van der Waals surface area contributed by atoms with Gasteiger partial charge in [0.1, 0.15) is 0 Å². The van der Waals surface area contributed by atoms with E-state index in [9.17, 15) is 13.2 Å². The highest BCUT2D eigenvalue weighted by Crippen LogP contribution is 2.31. The highest BCUT2D eigenvalue weighted by Gasteiger charge is 2.21. The van der Waals surface area contributed by atoms with E-state index in [2.05, 4.69) is 4.72 Å². The molecule has 0 spiro atoms. The van der Waals surface area contributed by atoms with E-state index in [0.29, 0.717) is 12.2 Å². The second-order valence-electron chi connectivity index (χ2n) is 6.73. The largest absolute Gasteiger partial charge is 0.312 e. The third-order valence-electron chi connectivity index (χ3n) is 4.87. The van der Waals surface area contributed by atoms with Crippen LogP contribution in [0.1, 0.15) is 18.9 Å². The van der Waals surface area contributed by atoms with Crippen LogP contribution in [0.15, 0.2) is 65.6 Å². The summed E-state index contributed by atoms with van der Waals surface area (Å²) in [5.41, 5.74) is 2.30. The summed E-state index contributed by atoms with van der Waals surface area (Å²) in [7, 11) is -3.72. The average molecular weight is 380 g/mol. The second-order valence-corrected chi connectivity index (χ2v) is 8.41. The summed E-state index contributed by atoms with van der Waals surface area (Å²) < 4.78 is 28.3. The number of amides is 1. The van der Waals surface area contributed by atoms with Gasteiger partial charge in [-0.25, -0.2) is 8.42 Å². The topological polar surface area (TPSA) is 66.5 Å². The molecule has 1 amide bonds. The molecule has 1 aliphatic heterocycles. The molecule has 0 saturated carbocycles. The van der Waals surface area contributed by atoms with Gasteiger partial charge in [-0.15, -0.1) is 0 Å². The summed E-state index contributed by atoms with van der Waals surface area (Å²) in [5.74, 6) is -0.0366. The van der Waals surface area contributed by atoms with E-state index in [1.54, 1.807) is 35.2 Å². The zero-order valence-corrected chi connectivity index (χ0v) is 15.8. The zero-order chi connectivity index (χ0) is 19.0. The first-order valence-corrected chi connectivity index (χ1v) is 10.3. The lowest BCUT2D eigenvalue weighted by atomic mass is 10.0. The third kappa shape index (κ3) is 3.40. The maximum atomic E-state index is 12.8. The number of carbonyl (C=O) groups excluding carboxylic acids is 1. The molecular formula is C21H20N2O3S. The normalized spacial score (nSPS) is 14.0. The highest BCUT2D eigenvalue weighted by atomic mass is 32.2. The Morgan fingerprint density at radius 3 is 2.56 bits per heavy atom. The van der Waals surface area contributed by atoms with E-state index in [1.165, 1.54) is 6.92 Å². The van der Waals surface area contributed by atoms with Crippen LogP contribution in [-0.4, -0.2) is 20.9 Å². The van der Waals surface area contributed by atoms with Crippen molar-refractivity contribution >= 4 is 38.1 Å². The van der Waals surface area contributed by atoms with Crippen LogP contribution in [0.25, 0.3) is 10.8 Å². The SMILES string of the molecule is CC(=O)N1CCCc2ccc(NS(=O)(=O)c3ccc4ccccc4c3)cc21. The van der Waals surface area contributed by atoms with E-state index >= 15 is 0 Å². The number of benzene rings is 3. The molecule has 0 fully saturated rings. The molecule has 0 unspecified atom stereocenters. The van der Waals surface area contributed by atoms with Crippen LogP contribution in [0, 0.1) is 0 Å². The fourth-order valence-electron chi connectivity index (χ4n) is 3.51. The Morgan fingerprint density at radius 1 is 1.00 bits per heavy atom. The number of fused-ring (bicyclic) bond motifs is 2. The molecule has 0 aromatic heterocycles. The number of hydrogen-bond acceptors (Lipinski definition) is 3. The Labute approximate surface area is 158 Å². The van der Waals surface area contributed by atoms with Crippen molar-refractivity contribution in [1.29, 1.82) is 0 Å². The van der Waals surface area contributed by atoms with Crippen LogP contribution in [0.4, 0.5) is 11.4 Å². The monoisotopic (exact) mass is 380 g/mol. The molecule has 1 aliphatic rings. The molecule has 6 heteroatoms. The summed E-state index contributed by atoms with van der Waals surface area (Å²) in [6, 6.07) is 18.1. The van der Waals surface area contributed by atoms with E-state index in [0.717, 1.165) is 34.9 Å². The van der Waals surface area contributed by atoms with Crippen molar-refractivity contribution in [3.8, 4) is 0 Å². The van der Waals surface area contributed by atoms with Gasteiger partial charge in [-0.05, 0) is 53.4 Å². The van der Waals surface area contributed by atoms with Gasteiger partial charge in [-0.3, -0.25) is 9.52 Å². The van der Waals surface area contributed by atoms with Gasteiger partial charge in [0.25, 0.3) is 10.0 Å². The number of sulfonamides is 1. The predicted octanol–water partition coefficient (Wildman–Crippen LogP) is 3.94. The van der Waals surface area contributed by atoms with Crippen molar-refractivity contribution in [2.75, 3.05) is 16.2 Å². The Morgan fingerprint density at radius 2 is 1.78 bits per heavy atom. The van der Waals surface area contributed by atoms with Gasteiger partial charge in [-0.1, -0.05) is 36.4 Å². The molecule has 1 N–H and O–H groups in total. The second kappa shape index (κ2) is 6.70. The first-order chi connectivity index (χ1) is 12.9. The quantitative estimate of drug-likeness (QED) is 0.748. The molecule has 5 nitrogen and oxygen atoms in total. The van der Waals surface area contributed by atoms with Crippen molar-refractivity contribution in [2.45, 2.75) is 24.7 Å². The number of carbonyl (C=O) groups is 1. The Kier molecular flexibility index (Phi) is 4.36. The lowest BCUT2D eigenvalue weighted by molar-refractivity contribution is -0.116. The van der Waals surface area contributed by atoms with Crippen molar-refractivity contribution in [3.63, 3.8) is 0 Å². The molecular weight excluding hydrogens is 360 g/mol. The molecule has 0 atom stereocenters. The van der Waals surface area contributed by atoms with Gasteiger partial charge in [0.15, 0.2) is 0 Å². The molecule has 3 aromatic carbocycles. The minimum absolute atomic E-state index is 0.0366. The number of nitrogens with one attached hydrogen (secondary N) is 1. The average Bonchev–Trinajstić information content (AvgIpc) is 2.66. The summed E-state index contributed by atoms with van der Waals surface area (Å²) >= 11 is 0. The van der Waals surface area contributed by atoms with Gasteiger partial charge in [0.05, 0.1) is 10.6 Å². The van der Waals surface area contributed by atoms with Crippen LogP contribution in [0.3, 0.4) is 0 Å². The lowest BCUT2D eigenvalue weighted by Gasteiger charge is -2.29. The van der Waals surface area contributed by atoms with E-state index in [1.807, 2.05) is 30.3 Å². The first-order valence-electron chi connectivity index (χ1n) is 8.87. The number of anilines is 2. The molecule has 27 heavy (non-hydrogen) atoms. The molecule has 3 aromatic rings. The molecule has 0 aliphatic carbocycles. The Bertz CT molecular complexity index is 1140. The molecule has 4 rings (SSSR count). The zero-order valence-electron chi connectivity index (χ0n) is 15.0. The number of aryl methyl sites for hydroxylation is 1. The fourth-order valence-corrected chi connectivity index (χ4v) is 4.60. The van der Waals surface area contributed by atoms with Crippen LogP contribution in [-0.2, 0) is 21.2 Å². The van der Waals surface area contributed by atoms with Crippen LogP contribution >= 0.6 is 0 Å². The van der Waals surface area contributed by atoms with E-state index < -0.39 is 10.0 Å². The molecule has 138 valence electrons. The highest BCUT2D eigenvalue weighted by molar-refractivity contribution is 7.92. The van der Waals surface area contributed by atoms with Gasteiger partial charge in [0.2, 0.25) is 5.91 Å². The Balaban J connectivity index is 1.68. The smallest absolute Gasteiger partial charge is 0.261 e. The summed E-state index contributed by atoms with van der Waals surface area (Å²) in [6.07, 6.45) is 1.80. The lowest BCUT2D eigenvalue weighted by Crippen LogP contribution is -2.33. The van der Waals surface area contributed by atoms with Crippen LogP contribution in [0.2, 0.25) is 0 Å². The minimum atomic E-state index is -3.72. The molecule has 1 heterocycles. The standard InChI is InChI=1S/C21H20N2O3S/c1-15(24)23-12-4-7-17-8-10-19(14-21(17)23)22-27(25,26)20-11-9-16-5-2-3-6-18(16)13-20/h2-3,5-6,8-11,13-14,22H,4,7,12H2,1H3. The van der Waals surface area contributed by atoms with Gasteiger partial charge in [0, 0.05) is 19.2 Å². The van der Waals surface area contributed by atoms with Gasteiger partial charge in [-0.2, -0.15) is 0 Å². The Hall–Kier alpha value is -2.86. The maximum absolute atomic E-state index is 12.8. The van der Waals surface area contributed by atoms with E-state index in [4.69, 9.17) is 0 Å². The van der Waals surface area contributed by atoms with Crippen molar-refractivity contribution in [3.05, 3.63) is 66.2 Å².